The summed E-state index contributed by atoms with van der Waals surface area (Å²) < 4.78 is 16.8. The van der Waals surface area contributed by atoms with E-state index in [9.17, 15) is 14.4 Å². The van der Waals surface area contributed by atoms with Crippen LogP contribution >= 0.6 is 0 Å². The highest BCUT2D eigenvalue weighted by atomic mass is 16.6. The maximum absolute atomic E-state index is 12.8. The monoisotopic (exact) mass is 905 g/mol. The number of allylic oxidation sites excluding steroid dienone is 14. The van der Waals surface area contributed by atoms with Crippen molar-refractivity contribution in [1.29, 1.82) is 0 Å². The highest BCUT2D eigenvalue weighted by Gasteiger charge is 2.19. The Morgan fingerprint density at radius 3 is 0.985 bits per heavy atom. The molecule has 0 aromatic rings. The summed E-state index contributed by atoms with van der Waals surface area (Å²) in [6.45, 7) is 6.45. The molecule has 0 aliphatic carbocycles. The lowest BCUT2D eigenvalue weighted by Gasteiger charge is -2.18. The largest absolute Gasteiger partial charge is 0.462 e. The van der Waals surface area contributed by atoms with Gasteiger partial charge >= 0.3 is 17.9 Å². The zero-order valence-electron chi connectivity index (χ0n) is 42.5. The Hall–Kier alpha value is -3.41. The fourth-order valence-electron chi connectivity index (χ4n) is 7.28. The van der Waals surface area contributed by atoms with Crippen LogP contribution in [0.15, 0.2) is 85.1 Å². The average Bonchev–Trinajstić information content (AvgIpc) is 3.30. The van der Waals surface area contributed by atoms with Crippen LogP contribution in [0.2, 0.25) is 0 Å². The van der Waals surface area contributed by atoms with Crippen molar-refractivity contribution in [2.24, 2.45) is 0 Å². The molecule has 65 heavy (non-hydrogen) atoms. The summed E-state index contributed by atoms with van der Waals surface area (Å²) in [4.78, 5) is 38.0. The summed E-state index contributed by atoms with van der Waals surface area (Å²) in [5.41, 5.74) is 0. The van der Waals surface area contributed by atoms with Crippen LogP contribution < -0.4 is 0 Å². The van der Waals surface area contributed by atoms with Gasteiger partial charge in [0.1, 0.15) is 13.2 Å². The molecule has 0 amide bonds. The van der Waals surface area contributed by atoms with E-state index in [0.29, 0.717) is 19.3 Å². The topological polar surface area (TPSA) is 78.9 Å². The van der Waals surface area contributed by atoms with Crippen molar-refractivity contribution in [1.82, 2.24) is 0 Å². The summed E-state index contributed by atoms with van der Waals surface area (Å²) in [6, 6.07) is 0. The number of hydrogen-bond acceptors (Lipinski definition) is 6. The minimum absolute atomic E-state index is 0.0927. The SMILES string of the molecule is CC/C=C\C/C=C\C/C=C\CCCCCCCC(=O)OC(COC(=O)CCCCCCC/C=C\CCCCCC)COC(=O)CCCCCCCC/C=C\C/C=C\C/C=C\CCCCC. The quantitative estimate of drug-likeness (QED) is 0.0262. The summed E-state index contributed by atoms with van der Waals surface area (Å²) in [5.74, 6) is -0.929. The number of esters is 3. The van der Waals surface area contributed by atoms with Crippen molar-refractivity contribution in [2.75, 3.05) is 13.2 Å². The maximum Gasteiger partial charge on any atom is 0.306 e. The van der Waals surface area contributed by atoms with Gasteiger partial charge in [-0.3, -0.25) is 14.4 Å². The molecule has 0 heterocycles. The lowest BCUT2D eigenvalue weighted by molar-refractivity contribution is -0.167. The molecule has 1 atom stereocenters. The van der Waals surface area contributed by atoms with Gasteiger partial charge in [0, 0.05) is 19.3 Å². The summed E-state index contributed by atoms with van der Waals surface area (Å²) in [6.07, 6.45) is 68.5. The number of ether oxygens (including phenoxy) is 3. The van der Waals surface area contributed by atoms with Crippen molar-refractivity contribution in [3.05, 3.63) is 85.1 Å². The Bertz CT molecular complexity index is 1270. The van der Waals surface area contributed by atoms with E-state index in [0.717, 1.165) is 122 Å². The fraction of sp³-hybridized carbons (Fsp3) is 0.712. The Balaban J connectivity index is 4.43. The average molecular weight is 905 g/mol. The van der Waals surface area contributed by atoms with Crippen LogP contribution in [0.25, 0.3) is 0 Å². The molecule has 1 unspecified atom stereocenters. The molecule has 372 valence electrons. The summed E-state index contributed by atoms with van der Waals surface area (Å²) >= 11 is 0. The molecule has 0 N–H and O–H groups in total. The Labute approximate surface area is 401 Å². The van der Waals surface area contributed by atoms with Crippen LogP contribution in [-0.2, 0) is 28.6 Å². The highest BCUT2D eigenvalue weighted by Crippen LogP contribution is 2.14. The van der Waals surface area contributed by atoms with E-state index < -0.39 is 6.10 Å². The normalized spacial score (nSPS) is 12.7. The second-order valence-corrected chi connectivity index (χ2v) is 17.7. The van der Waals surface area contributed by atoms with Gasteiger partial charge in [0.05, 0.1) is 0 Å². The van der Waals surface area contributed by atoms with Gasteiger partial charge in [0.15, 0.2) is 6.10 Å². The van der Waals surface area contributed by atoms with Gasteiger partial charge < -0.3 is 14.2 Å². The van der Waals surface area contributed by atoms with Crippen molar-refractivity contribution >= 4 is 17.9 Å². The Morgan fingerprint density at radius 2 is 0.600 bits per heavy atom. The second kappa shape index (κ2) is 53.2. The first kappa shape index (κ1) is 61.6. The first-order valence-corrected chi connectivity index (χ1v) is 27.1. The van der Waals surface area contributed by atoms with Gasteiger partial charge in [0.2, 0.25) is 0 Å². The minimum atomic E-state index is -0.795. The molecule has 0 spiro atoms. The maximum atomic E-state index is 12.8. The number of hydrogen-bond donors (Lipinski definition) is 0. The van der Waals surface area contributed by atoms with E-state index in [2.05, 4.69) is 106 Å². The molecule has 0 rings (SSSR count). The minimum Gasteiger partial charge on any atom is -0.462 e. The van der Waals surface area contributed by atoms with Gasteiger partial charge in [-0.15, -0.1) is 0 Å². The van der Waals surface area contributed by atoms with Crippen molar-refractivity contribution in [3.63, 3.8) is 0 Å². The smallest absolute Gasteiger partial charge is 0.306 e. The van der Waals surface area contributed by atoms with Crippen LogP contribution in [0.1, 0.15) is 252 Å². The third-order valence-corrected chi connectivity index (χ3v) is 11.4. The predicted octanol–water partition coefficient (Wildman–Crippen LogP) is 18.0. The lowest BCUT2D eigenvalue weighted by Crippen LogP contribution is -2.30. The number of rotatable bonds is 48. The van der Waals surface area contributed by atoms with Crippen LogP contribution in [0.4, 0.5) is 0 Å². The third-order valence-electron chi connectivity index (χ3n) is 11.4. The van der Waals surface area contributed by atoms with Crippen LogP contribution in [0, 0.1) is 0 Å². The Kier molecular flexibility index (Phi) is 50.4. The van der Waals surface area contributed by atoms with Gasteiger partial charge in [0.25, 0.3) is 0 Å². The molecule has 0 radical (unpaired) electrons. The first-order chi connectivity index (χ1) is 32.0. The number of unbranched alkanes of at least 4 members (excludes halogenated alkanes) is 23. The van der Waals surface area contributed by atoms with E-state index in [1.165, 1.54) is 89.9 Å². The van der Waals surface area contributed by atoms with Crippen molar-refractivity contribution in [3.8, 4) is 0 Å². The lowest BCUT2D eigenvalue weighted by atomic mass is 10.1. The van der Waals surface area contributed by atoms with Crippen LogP contribution in [0.5, 0.6) is 0 Å². The molecular formula is C59H100O6. The zero-order chi connectivity index (χ0) is 47.2. The molecule has 0 aromatic heterocycles. The van der Waals surface area contributed by atoms with Gasteiger partial charge in [-0.2, -0.15) is 0 Å². The van der Waals surface area contributed by atoms with Crippen molar-refractivity contribution < 1.29 is 28.6 Å². The van der Waals surface area contributed by atoms with Gasteiger partial charge in [-0.25, -0.2) is 0 Å². The number of carbonyl (C=O) groups is 3. The summed E-state index contributed by atoms with van der Waals surface area (Å²) in [7, 11) is 0. The predicted molar refractivity (Wildman–Crippen MR) is 279 cm³/mol. The second-order valence-electron chi connectivity index (χ2n) is 17.7. The van der Waals surface area contributed by atoms with E-state index in [4.69, 9.17) is 14.2 Å². The van der Waals surface area contributed by atoms with E-state index >= 15 is 0 Å². The molecule has 0 aliphatic heterocycles. The fourth-order valence-corrected chi connectivity index (χ4v) is 7.28. The van der Waals surface area contributed by atoms with Crippen LogP contribution in [0.3, 0.4) is 0 Å². The number of carbonyl (C=O) groups excluding carboxylic acids is 3. The van der Waals surface area contributed by atoms with E-state index in [1.54, 1.807) is 0 Å². The molecule has 0 fully saturated rings. The van der Waals surface area contributed by atoms with E-state index in [-0.39, 0.29) is 31.1 Å². The summed E-state index contributed by atoms with van der Waals surface area (Å²) in [5, 5.41) is 0. The third kappa shape index (κ3) is 51.4. The molecule has 6 heteroatoms. The molecule has 0 bridgehead atoms. The van der Waals surface area contributed by atoms with Crippen LogP contribution in [-0.4, -0.2) is 37.2 Å². The molecule has 0 aromatic carbocycles. The van der Waals surface area contributed by atoms with E-state index in [1.807, 2.05) is 0 Å². The highest BCUT2D eigenvalue weighted by molar-refractivity contribution is 5.71. The first-order valence-electron chi connectivity index (χ1n) is 27.1. The zero-order valence-corrected chi connectivity index (χ0v) is 42.5. The molecule has 6 nitrogen and oxygen atoms in total. The van der Waals surface area contributed by atoms with Gasteiger partial charge in [-0.05, 0) is 116 Å². The van der Waals surface area contributed by atoms with Crippen molar-refractivity contribution in [2.45, 2.75) is 258 Å². The standard InChI is InChI=1S/C59H100O6/c1-4-7-10-13-16-19-22-25-27-28-29-30-32-34-37-40-43-46-49-52-58(61)64-55-56(54-63-57(60)51-48-45-42-39-36-33-24-21-18-15-12-9-6-3)65-59(62)53-50-47-44-41-38-35-31-26-23-20-17-14-11-8-5-2/h8,11,16-17,19-21,24-27,29-31,56H,4-7,9-10,12-15,18,22-23,28,32-55H2,1-3H3/b11-8-,19-16-,20-17-,24-21-,27-25-,30-29-,31-26-. The molecule has 0 aliphatic rings. The Morgan fingerprint density at radius 1 is 0.323 bits per heavy atom. The molecule has 0 saturated heterocycles. The molecular weight excluding hydrogens is 805 g/mol. The molecule has 0 saturated carbocycles. The van der Waals surface area contributed by atoms with Gasteiger partial charge in [-0.1, -0.05) is 202 Å².